The zero-order valence-electron chi connectivity index (χ0n) is 13.0. The average Bonchev–Trinajstić information content (AvgIpc) is 2.51. The molecule has 1 unspecified atom stereocenters. The highest BCUT2D eigenvalue weighted by atomic mass is 16.5. The molecule has 0 saturated carbocycles. The molecule has 1 amide bonds. The van der Waals surface area contributed by atoms with Gasteiger partial charge in [0, 0.05) is 39.8 Å². The van der Waals surface area contributed by atoms with Crippen LogP contribution < -0.4 is 0 Å². The van der Waals surface area contributed by atoms with Crippen LogP contribution >= 0.6 is 0 Å². The summed E-state index contributed by atoms with van der Waals surface area (Å²) >= 11 is 0. The van der Waals surface area contributed by atoms with Gasteiger partial charge < -0.3 is 14.4 Å². The minimum absolute atomic E-state index is 0.0510. The first kappa shape index (κ1) is 16.9. The summed E-state index contributed by atoms with van der Waals surface area (Å²) in [6, 6.07) is 0. The van der Waals surface area contributed by atoms with E-state index in [1.807, 2.05) is 18.7 Å². The van der Waals surface area contributed by atoms with Crippen LogP contribution in [0.2, 0.25) is 0 Å². The Labute approximate surface area is 121 Å². The first-order valence-electron chi connectivity index (χ1n) is 7.10. The predicted octanol–water partition coefficient (Wildman–Crippen LogP) is 0.509. The van der Waals surface area contributed by atoms with Crippen molar-refractivity contribution in [3.8, 4) is 0 Å². The zero-order valence-corrected chi connectivity index (χ0v) is 13.0. The number of rotatable bonds is 6. The quantitative estimate of drug-likeness (QED) is 0.666. The van der Waals surface area contributed by atoms with Gasteiger partial charge in [0.15, 0.2) is 0 Å². The fraction of sp³-hybridized carbons (Fsp3) is 0.857. The maximum absolute atomic E-state index is 12.4. The lowest BCUT2D eigenvalue weighted by Gasteiger charge is -2.38. The number of ether oxygens (including phenoxy) is 2. The third kappa shape index (κ3) is 4.18. The van der Waals surface area contributed by atoms with E-state index in [1.165, 1.54) is 7.11 Å². The summed E-state index contributed by atoms with van der Waals surface area (Å²) in [7, 11) is 2.98. The maximum atomic E-state index is 12.4. The Bertz CT molecular complexity index is 334. The summed E-state index contributed by atoms with van der Waals surface area (Å²) in [5, 5.41) is 0. The van der Waals surface area contributed by atoms with Crippen LogP contribution in [0.25, 0.3) is 0 Å². The van der Waals surface area contributed by atoms with Gasteiger partial charge in [0.2, 0.25) is 0 Å². The number of carbonyl (C=O) groups is 2. The molecule has 0 aromatic rings. The first-order chi connectivity index (χ1) is 9.46. The summed E-state index contributed by atoms with van der Waals surface area (Å²) in [4.78, 5) is 27.5. The van der Waals surface area contributed by atoms with Gasteiger partial charge in [-0.1, -0.05) is 6.92 Å². The molecule has 6 nitrogen and oxygen atoms in total. The van der Waals surface area contributed by atoms with Crippen LogP contribution in [0.4, 0.5) is 0 Å². The third-order valence-electron chi connectivity index (χ3n) is 4.10. The van der Waals surface area contributed by atoms with Gasteiger partial charge >= 0.3 is 5.97 Å². The number of amides is 1. The molecular weight excluding hydrogens is 260 g/mol. The highest BCUT2D eigenvalue weighted by molar-refractivity contribution is 5.85. The monoisotopic (exact) mass is 286 g/mol. The Balaban J connectivity index is 2.42. The van der Waals surface area contributed by atoms with Crippen LogP contribution in [0.1, 0.15) is 26.7 Å². The van der Waals surface area contributed by atoms with E-state index < -0.39 is 5.60 Å². The number of esters is 1. The summed E-state index contributed by atoms with van der Waals surface area (Å²) in [6.45, 7) is 7.40. The molecule has 1 aliphatic rings. The van der Waals surface area contributed by atoms with Gasteiger partial charge in [-0.25, -0.2) is 0 Å². The van der Waals surface area contributed by atoms with Crippen LogP contribution in [0.15, 0.2) is 0 Å². The molecule has 1 heterocycles. The maximum Gasteiger partial charge on any atom is 0.306 e. The molecule has 116 valence electrons. The molecule has 0 radical (unpaired) electrons. The molecule has 0 aromatic heterocycles. The Morgan fingerprint density at radius 2 is 1.75 bits per heavy atom. The summed E-state index contributed by atoms with van der Waals surface area (Å²) in [5.74, 6) is -0.142. The van der Waals surface area contributed by atoms with Crippen molar-refractivity contribution in [1.82, 2.24) is 9.80 Å². The van der Waals surface area contributed by atoms with E-state index in [0.717, 1.165) is 13.1 Å². The molecule has 0 aromatic carbocycles. The van der Waals surface area contributed by atoms with Crippen LogP contribution in [-0.2, 0) is 19.1 Å². The van der Waals surface area contributed by atoms with E-state index in [2.05, 4.69) is 9.64 Å². The van der Waals surface area contributed by atoms with Crippen molar-refractivity contribution in [1.29, 1.82) is 0 Å². The molecule has 0 bridgehead atoms. The van der Waals surface area contributed by atoms with E-state index in [9.17, 15) is 9.59 Å². The summed E-state index contributed by atoms with van der Waals surface area (Å²) in [5.41, 5.74) is -0.728. The van der Waals surface area contributed by atoms with E-state index in [-0.39, 0.29) is 11.9 Å². The van der Waals surface area contributed by atoms with Crippen LogP contribution in [0.5, 0.6) is 0 Å². The second-order valence-corrected chi connectivity index (χ2v) is 5.25. The molecule has 6 heteroatoms. The highest BCUT2D eigenvalue weighted by Gasteiger charge is 2.36. The second kappa shape index (κ2) is 7.59. The number of methoxy groups -OCH3 is 2. The zero-order chi connectivity index (χ0) is 15.2. The van der Waals surface area contributed by atoms with Gasteiger partial charge in [-0.3, -0.25) is 14.5 Å². The Kier molecular flexibility index (Phi) is 6.42. The molecule has 0 aliphatic carbocycles. The predicted molar refractivity (Wildman–Crippen MR) is 75.4 cm³/mol. The molecular formula is C14H26N2O4. The third-order valence-corrected chi connectivity index (χ3v) is 4.10. The molecule has 0 N–H and O–H groups in total. The van der Waals surface area contributed by atoms with E-state index in [4.69, 9.17) is 4.74 Å². The first-order valence-corrected chi connectivity index (χ1v) is 7.10. The highest BCUT2D eigenvalue weighted by Crippen LogP contribution is 2.19. The van der Waals surface area contributed by atoms with Gasteiger partial charge in [0.05, 0.1) is 13.5 Å². The molecule has 1 fully saturated rings. The number of carbonyl (C=O) groups excluding carboxylic acids is 2. The average molecular weight is 286 g/mol. The minimum atomic E-state index is -0.728. The van der Waals surface area contributed by atoms with E-state index >= 15 is 0 Å². The lowest BCUT2D eigenvalue weighted by Crippen LogP contribution is -2.55. The van der Waals surface area contributed by atoms with Crippen molar-refractivity contribution in [3.63, 3.8) is 0 Å². The van der Waals surface area contributed by atoms with Gasteiger partial charge in [-0.15, -0.1) is 0 Å². The second-order valence-electron chi connectivity index (χ2n) is 5.25. The number of hydrogen-bond donors (Lipinski definition) is 0. The minimum Gasteiger partial charge on any atom is -0.469 e. The Morgan fingerprint density at radius 1 is 1.15 bits per heavy atom. The van der Waals surface area contributed by atoms with Crippen molar-refractivity contribution in [2.45, 2.75) is 32.3 Å². The SMILES string of the molecule is CCC(C)(OC)C(=O)N1CCN(CCC(=O)OC)CC1. The standard InChI is InChI=1S/C14H26N2O4/c1-5-14(2,20-4)13(18)16-10-8-15(9-11-16)7-6-12(17)19-3/h5-11H2,1-4H3. The van der Waals surface area contributed by atoms with Crippen LogP contribution in [-0.4, -0.2) is 74.2 Å². The number of piperazine rings is 1. The van der Waals surface area contributed by atoms with Gasteiger partial charge in [-0.2, -0.15) is 0 Å². The van der Waals surface area contributed by atoms with Gasteiger partial charge in [0.1, 0.15) is 5.60 Å². The molecule has 1 saturated heterocycles. The molecule has 20 heavy (non-hydrogen) atoms. The fourth-order valence-electron chi connectivity index (χ4n) is 2.24. The topological polar surface area (TPSA) is 59.1 Å². The van der Waals surface area contributed by atoms with Crippen LogP contribution in [0, 0.1) is 0 Å². The smallest absolute Gasteiger partial charge is 0.306 e. The fourth-order valence-corrected chi connectivity index (χ4v) is 2.24. The van der Waals surface area contributed by atoms with Crippen molar-refractivity contribution in [2.75, 3.05) is 46.9 Å². The number of hydrogen-bond acceptors (Lipinski definition) is 5. The van der Waals surface area contributed by atoms with Gasteiger partial charge in [-0.05, 0) is 13.3 Å². The lowest BCUT2D eigenvalue weighted by molar-refractivity contribution is -0.155. The Hall–Kier alpha value is -1.14. The normalized spacial score (nSPS) is 19.5. The molecule has 1 rings (SSSR count). The van der Waals surface area contributed by atoms with Crippen molar-refractivity contribution in [2.24, 2.45) is 0 Å². The molecule has 1 atom stereocenters. The van der Waals surface area contributed by atoms with E-state index in [1.54, 1.807) is 7.11 Å². The van der Waals surface area contributed by atoms with Gasteiger partial charge in [0.25, 0.3) is 5.91 Å². The number of nitrogens with zero attached hydrogens (tertiary/aromatic N) is 2. The largest absolute Gasteiger partial charge is 0.469 e. The van der Waals surface area contributed by atoms with Crippen molar-refractivity contribution < 1.29 is 19.1 Å². The summed E-state index contributed by atoms with van der Waals surface area (Å²) in [6.07, 6.45) is 1.06. The lowest BCUT2D eigenvalue weighted by atomic mass is 10.0. The van der Waals surface area contributed by atoms with Crippen molar-refractivity contribution >= 4 is 11.9 Å². The molecule has 0 spiro atoms. The summed E-state index contributed by atoms with van der Waals surface area (Å²) < 4.78 is 9.98. The van der Waals surface area contributed by atoms with Crippen molar-refractivity contribution in [3.05, 3.63) is 0 Å². The Morgan fingerprint density at radius 3 is 2.20 bits per heavy atom. The van der Waals surface area contributed by atoms with E-state index in [0.29, 0.717) is 32.5 Å². The van der Waals surface area contributed by atoms with Crippen LogP contribution in [0.3, 0.4) is 0 Å². The molecule has 1 aliphatic heterocycles.